The van der Waals surface area contributed by atoms with Gasteiger partial charge in [-0.2, -0.15) is 0 Å². The molecule has 2 aliphatic heterocycles. The lowest BCUT2D eigenvalue weighted by Gasteiger charge is -2.35. The molecule has 2 aromatic rings. The number of anilines is 2. The molecule has 1 saturated heterocycles. The first-order chi connectivity index (χ1) is 14.1. The van der Waals surface area contributed by atoms with E-state index in [2.05, 4.69) is 39.9 Å². The van der Waals surface area contributed by atoms with Crippen LogP contribution in [0.5, 0.6) is 0 Å². The maximum atomic E-state index is 12.7. The van der Waals surface area contributed by atoms with Gasteiger partial charge in [0.25, 0.3) is 0 Å². The predicted molar refractivity (Wildman–Crippen MR) is 135 cm³/mol. The van der Waals surface area contributed by atoms with Crippen LogP contribution >= 0.6 is 36.6 Å². The number of carbonyl (C=O) groups excluding carboxylic acids is 1. The molecule has 4 rings (SSSR count). The molecule has 1 fully saturated rings. The number of carbonyl (C=O) groups is 1. The normalized spacial score (nSPS) is 18.8. The van der Waals surface area contributed by atoms with E-state index < -0.39 is 0 Å². The molecule has 1 aromatic carbocycles. The second kappa shape index (κ2) is 12.0. The van der Waals surface area contributed by atoms with Crippen molar-refractivity contribution >= 4 is 54.0 Å². The van der Waals surface area contributed by atoms with Crippen molar-refractivity contribution in [1.82, 2.24) is 9.88 Å². The largest absolute Gasteiger partial charge is 0.354 e. The van der Waals surface area contributed by atoms with Crippen LogP contribution in [-0.2, 0) is 4.79 Å². The minimum atomic E-state index is 0. The van der Waals surface area contributed by atoms with Gasteiger partial charge in [0.1, 0.15) is 5.82 Å². The van der Waals surface area contributed by atoms with Crippen LogP contribution in [0.25, 0.3) is 0 Å². The zero-order chi connectivity index (χ0) is 20.2. The van der Waals surface area contributed by atoms with Crippen LogP contribution in [0.3, 0.4) is 0 Å². The van der Waals surface area contributed by atoms with Crippen molar-refractivity contribution in [1.29, 1.82) is 0 Å². The summed E-state index contributed by atoms with van der Waals surface area (Å²) in [6.07, 6.45) is 5.10. The molecule has 1 amide bonds. The van der Waals surface area contributed by atoms with Crippen molar-refractivity contribution in [2.45, 2.75) is 36.3 Å². The minimum Gasteiger partial charge on any atom is -0.354 e. The molecule has 3 heterocycles. The Labute approximate surface area is 202 Å². The molecule has 0 saturated carbocycles. The molecular formula is C23H32Cl2N4OS. The highest BCUT2D eigenvalue weighted by Crippen LogP contribution is 2.39. The van der Waals surface area contributed by atoms with Crippen molar-refractivity contribution in [3.8, 4) is 0 Å². The molecule has 31 heavy (non-hydrogen) atoms. The molecule has 5 nitrogen and oxygen atoms in total. The standard InChI is InChI=1S/C23H30N4OS.2ClH/c1-18-10-11-24-22(17-18)27-15-13-26(14-16-27)12-6-5-9-21-23(28)25(2)19-7-3-4-8-20(19)29-21;;/h3-4,7-8,10-11,17,21H,5-6,9,12-16H2,1-2H3;2*1H. The number of aromatic nitrogens is 1. The summed E-state index contributed by atoms with van der Waals surface area (Å²) in [5.41, 5.74) is 2.31. The number of amides is 1. The van der Waals surface area contributed by atoms with E-state index in [0.29, 0.717) is 0 Å². The lowest BCUT2D eigenvalue weighted by atomic mass is 10.1. The smallest absolute Gasteiger partial charge is 0.240 e. The Balaban J connectivity index is 0.00000171. The molecule has 2 aliphatic rings. The fourth-order valence-corrected chi connectivity index (χ4v) is 5.45. The molecular weight excluding hydrogens is 451 g/mol. The number of thioether (sulfide) groups is 1. The number of piperazine rings is 1. The Bertz CT molecular complexity index is 861. The molecule has 1 atom stereocenters. The van der Waals surface area contributed by atoms with Crippen LogP contribution in [0.15, 0.2) is 47.5 Å². The van der Waals surface area contributed by atoms with E-state index >= 15 is 0 Å². The lowest BCUT2D eigenvalue weighted by Crippen LogP contribution is -2.47. The Morgan fingerprint density at radius 2 is 1.81 bits per heavy atom. The number of aryl methyl sites for hydroxylation is 1. The average molecular weight is 484 g/mol. The average Bonchev–Trinajstić information content (AvgIpc) is 2.75. The van der Waals surface area contributed by atoms with Gasteiger partial charge in [0, 0.05) is 44.3 Å². The third-order valence-electron chi connectivity index (χ3n) is 5.89. The summed E-state index contributed by atoms with van der Waals surface area (Å²) in [7, 11) is 1.90. The second-order valence-corrected chi connectivity index (χ2v) is 9.23. The molecule has 170 valence electrons. The van der Waals surface area contributed by atoms with Crippen LogP contribution in [0, 0.1) is 6.92 Å². The van der Waals surface area contributed by atoms with Gasteiger partial charge < -0.3 is 9.80 Å². The van der Waals surface area contributed by atoms with Gasteiger partial charge >= 0.3 is 0 Å². The summed E-state index contributed by atoms with van der Waals surface area (Å²) < 4.78 is 0. The summed E-state index contributed by atoms with van der Waals surface area (Å²) in [6, 6.07) is 12.4. The van der Waals surface area contributed by atoms with Crippen LogP contribution in [-0.4, -0.2) is 60.8 Å². The van der Waals surface area contributed by atoms with E-state index in [9.17, 15) is 4.79 Å². The van der Waals surface area contributed by atoms with E-state index in [-0.39, 0.29) is 36.0 Å². The summed E-state index contributed by atoms with van der Waals surface area (Å²) in [4.78, 5) is 25.2. The van der Waals surface area contributed by atoms with E-state index in [4.69, 9.17) is 0 Å². The van der Waals surface area contributed by atoms with Crippen LogP contribution in [0.2, 0.25) is 0 Å². The van der Waals surface area contributed by atoms with Crippen molar-refractivity contribution in [2.24, 2.45) is 0 Å². The van der Waals surface area contributed by atoms with Gasteiger partial charge in [0.05, 0.1) is 10.9 Å². The van der Waals surface area contributed by atoms with E-state index in [1.54, 1.807) is 11.8 Å². The SMILES string of the molecule is Cc1ccnc(N2CCN(CCCCC3Sc4ccccc4N(C)C3=O)CC2)c1.Cl.Cl. The number of hydrogen-bond acceptors (Lipinski definition) is 5. The number of para-hydroxylation sites is 1. The third kappa shape index (κ3) is 6.28. The number of unbranched alkanes of at least 4 members (excludes halogenated alkanes) is 1. The van der Waals surface area contributed by atoms with E-state index in [1.807, 2.05) is 36.3 Å². The lowest BCUT2D eigenvalue weighted by molar-refractivity contribution is -0.118. The van der Waals surface area contributed by atoms with Crippen LogP contribution in [0.1, 0.15) is 24.8 Å². The number of halogens is 2. The zero-order valence-electron chi connectivity index (χ0n) is 18.2. The number of pyridine rings is 1. The molecule has 0 aliphatic carbocycles. The predicted octanol–water partition coefficient (Wildman–Crippen LogP) is 4.66. The van der Waals surface area contributed by atoms with Gasteiger partial charge in [-0.1, -0.05) is 18.6 Å². The highest BCUT2D eigenvalue weighted by Gasteiger charge is 2.30. The van der Waals surface area contributed by atoms with Gasteiger partial charge in [-0.05, 0) is 56.1 Å². The number of benzene rings is 1. The van der Waals surface area contributed by atoms with Gasteiger partial charge in [-0.15, -0.1) is 36.6 Å². The fraction of sp³-hybridized carbons (Fsp3) is 0.478. The molecule has 0 spiro atoms. The van der Waals surface area contributed by atoms with Crippen LogP contribution in [0.4, 0.5) is 11.5 Å². The van der Waals surface area contributed by atoms with Gasteiger partial charge in [0.15, 0.2) is 0 Å². The number of hydrogen-bond donors (Lipinski definition) is 0. The molecule has 0 bridgehead atoms. The van der Waals surface area contributed by atoms with Gasteiger partial charge in [0.2, 0.25) is 5.91 Å². The first kappa shape index (κ1) is 25.8. The maximum absolute atomic E-state index is 12.7. The van der Waals surface area contributed by atoms with Crippen molar-refractivity contribution in [2.75, 3.05) is 49.6 Å². The Kier molecular flexibility index (Phi) is 9.94. The van der Waals surface area contributed by atoms with Crippen molar-refractivity contribution < 1.29 is 4.79 Å². The highest BCUT2D eigenvalue weighted by molar-refractivity contribution is 8.01. The Hall–Kier alpha value is -1.47. The molecule has 1 unspecified atom stereocenters. The van der Waals surface area contributed by atoms with E-state index in [1.165, 1.54) is 10.5 Å². The summed E-state index contributed by atoms with van der Waals surface area (Å²) in [6.45, 7) is 7.48. The number of rotatable bonds is 6. The molecule has 0 radical (unpaired) electrons. The molecule has 8 heteroatoms. The first-order valence-electron chi connectivity index (χ1n) is 10.5. The van der Waals surface area contributed by atoms with Gasteiger partial charge in [-0.3, -0.25) is 9.69 Å². The quantitative estimate of drug-likeness (QED) is 0.559. The van der Waals surface area contributed by atoms with Crippen LogP contribution < -0.4 is 9.80 Å². The monoisotopic (exact) mass is 482 g/mol. The third-order valence-corrected chi connectivity index (χ3v) is 7.21. The zero-order valence-corrected chi connectivity index (χ0v) is 20.6. The first-order valence-corrected chi connectivity index (χ1v) is 11.4. The van der Waals surface area contributed by atoms with E-state index in [0.717, 1.165) is 63.5 Å². The Morgan fingerprint density at radius 1 is 1.06 bits per heavy atom. The Morgan fingerprint density at radius 3 is 2.55 bits per heavy atom. The maximum Gasteiger partial charge on any atom is 0.240 e. The number of fused-ring (bicyclic) bond motifs is 1. The highest BCUT2D eigenvalue weighted by atomic mass is 35.5. The van der Waals surface area contributed by atoms with Crippen molar-refractivity contribution in [3.63, 3.8) is 0 Å². The summed E-state index contributed by atoms with van der Waals surface area (Å²) >= 11 is 1.74. The number of nitrogens with zero attached hydrogens (tertiary/aromatic N) is 4. The van der Waals surface area contributed by atoms with Gasteiger partial charge in [-0.25, -0.2) is 4.98 Å². The topological polar surface area (TPSA) is 39.7 Å². The minimum absolute atomic E-state index is 0. The molecule has 1 aromatic heterocycles. The summed E-state index contributed by atoms with van der Waals surface area (Å²) in [5.74, 6) is 1.34. The molecule has 0 N–H and O–H groups in total. The summed E-state index contributed by atoms with van der Waals surface area (Å²) in [5, 5.41) is 0.0548. The fourth-order valence-electron chi connectivity index (χ4n) is 4.11. The van der Waals surface area contributed by atoms with Crippen molar-refractivity contribution in [3.05, 3.63) is 48.2 Å². The second-order valence-electron chi connectivity index (χ2n) is 7.99.